The van der Waals surface area contributed by atoms with Gasteiger partial charge < -0.3 is 20.3 Å². The van der Waals surface area contributed by atoms with Crippen LogP contribution in [0.3, 0.4) is 0 Å². The Morgan fingerprint density at radius 1 is 1.44 bits per heavy atom. The van der Waals surface area contributed by atoms with E-state index in [0.29, 0.717) is 32.6 Å². The Morgan fingerprint density at radius 2 is 2.00 bits per heavy atom. The maximum atomic E-state index is 10.7. The average Bonchev–Trinajstić information content (AvgIpc) is 2.26. The Labute approximate surface area is 95.8 Å². The van der Waals surface area contributed by atoms with E-state index < -0.39 is 17.5 Å². The third-order valence-electron chi connectivity index (χ3n) is 3.32. The first-order valence-electron chi connectivity index (χ1n) is 5.71. The molecule has 1 heterocycles. The first-order chi connectivity index (χ1) is 7.44. The summed E-state index contributed by atoms with van der Waals surface area (Å²) in [4.78, 5) is 10.7. The lowest BCUT2D eigenvalue weighted by Crippen LogP contribution is -2.49. The standard InChI is InChI=1S/C11H21NO4/c1-8(10(13)14)9(2)12-7-11(15)3-5-16-6-4-11/h8-9,12,15H,3-7H2,1-2H3,(H,13,14). The van der Waals surface area contributed by atoms with E-state index in [4.69, 9.17) is 9.84 Å². The van der Waals surface area contributed by atoms with Crippen molar-refractivity contribution in [3.8, 4) is 0 Å². The lowest BCUT2D eigenvalue weighted by Gasteiger charge is -2.33. The number of ether oxygens (including phenoxy) is 1. The summed E-state index contributed by atoms with van der Waals surface area (Å²) < 4.78 is 5.18. The monoisotopic (exact) mass is 231 g/mol. The van der Waals surface area contributed by atoms with Gasteiger partial charge in [-0.05, 0) is 6.92 Å². The number of hydrogen-bond acceptors (Lipinski definition) is 4. The fourth-order valence-corrected chi connectivity index (χ4v) is 1.67. The molecule has 0 bridgehead atoms. The van der Waals surface area contributed by atoms with Crippen molar-refractivity contribution in [2.45, 2.75) is 38.3 Å². The predicted molar refractivity (Wildman–Crippen MR) is 59.3 cm³/mol. The van der Waals surface area contributed by atoms with E-state index in [-0.39, 0.29) is 6.04 Å². The second-order valence-corrected chi connectivity index (χ2v) is 4.63. The van der Waals surface area contributed by atoms with E-state index in [1.54, 1.807) is 6.92 Å². The first-order valence-corrected chi connectivity index (χ1v) is 5.71. The predicted octanol–water partition coefficient (Wildman–Crippen LogP) is 0.227. The van der Waals surface area contributed by atoms with Crippen LogP contribution in [0.4, 0.5) is 0 Å². The number of rotatable bonds is 5. The lowest BCUT2D eigenvalue weighted by atomic mass is 9.93. The number of aliphatic hydroxyl groups is 1. The van der Waals surface area contributed by atoms with Gasteiger partial charge in [-0.1, -0.05) is 6.92 Å². The molecule has 1 saturated heterocycles. The molecule has 0 radical (unpaired) electrons. The zero-order valence-electron chi connectivity index (χ0n) is 9.90. The molecule has 0 aromatic heterocycles. The lowest BCUT2D eigenvalue weighted by molar-refractivity contribution is -0.142. The summed E-state index contributed by atoms with van der Waals surface area (Å²) in [5.74, 6) is -1.28. The Balaban J connectivity index is 2.35. The molecule has 0 amide bonds. The van der Waals surface area contributed by atoms with Crippen molar-refractivity contribution in [3.63, 3.8) is 0 Å². The minimum atomic E-state index is -0.820. The molecule has 1 fully saturated rings. The van der Waals surface area contributed by atoms with Crippen LogP contribution < -0.4 is 5.32 Å². The van der Waals surface area contributed by atoms with Gasteiger partial charge >= 0.3 is 5.97 Å². The smallest absolute Gasteiger partial charge is 0.307 e. The summed E-state index contributed by atoms with van der Waals surface area (Å²) in [6.07, 6.45) is 1.21. The van der Waals surface area contributed by atoms with Crippen LogP contribution in [-0.4, -0.2) is 47.6 Å². The molecule has 5 heteroatoms. The Kier molecular flexibility index (Phi) is 4.70. The van der Waals surface area contributed by atoms with Crippen molar-refractivity contribution >= 4 is 5.97 Å². The maximum Gasteiger partial charge on any atom is 0.307 e. The second kappa shape index (κ2) is 5.61. The highest BCUT2D eigenvalue weighted by atomic mass is 16.5. The van der Waals surface area contributed by atoms with E-state index in [1.807, 2.05) is 6.92 Å². The molecule has 1 rings (SSSR count). The van der Waals surface area contributed by atoms with Crippen molar-refractivity contribution in [1.82, 2.24) is 5.32 Å². The van der Waals surface area contributed by atoms with Crippen molar-refractivity contribution in [2.75, 3.05) is 19.8 Å². The summed E-state index contributed by atoms with van der Waals surface area (Å²) in [7, 11) is 0. The van der Waals surface area contributed by atoms with Gasteiger partial charge in [0.1, 0.15) is 0 Å². The average molecular weight is 231 g/mol. The first kappa shape index (κ1) is 13.4. The van der Waals surface area contributed by atoms with Gasteiger partial charge in [-0.15, -0.1) is 0 Å². The molecule has 3 N–H and O–H groups in total. The summed E-state index contributed by atoms with van der Waals surface area (Å²) in [5.41, 5.74) is -0.745. The van der Waals surface area contributed by atoms with Crippen molar-refractivity contribution < 1.29 is 19.7 Å². The van der Waals surface area contributed by atoms with Crippen molar-refractivity contribution in [3.05, 3.63) is 0 Å². The molecule has 2 unspecified atom stereocenters. The molecule has 1 aliphatic heterocycles. The van der Waals surface area contributed by atoms with Crippen LogP contribution in [0.15, 0.2) is 0 Å². The molecular formula is C11H21NO4. The number of carbonyl (C=O) groups is 1. The molecule has 0 aromatic carbocycles. The molecule has 16 heavy (non-hydrogen) atoms. The van der Waals surface area contributed by atoms with Gasteiger partial charge in [0.2, 0.25) is 0 Å². The highest BCUT2D eigenvalue weighted by Gasteiger charge is 2.31. The highest BCUT2D eigenvalue weighted by molar-refractivity contribution is 5.70. The number of carboxylic acid groups (broad SMARTS) is 1. The minimum Gasteiger partial charge on any atom is -0.481 e. The summed E-state index contributed by atoms with van der Waals surface area (Å²) in [6, 6.07) is -0.149. The fourth-order valence-electron chi connectivity index (χ4n) is 1.67. The van der Waals surface area contributed by atoms with Gasteiger partial charge in [-0.2, -0.15) is 0 Å². The van der Waals surface area contributed by atoms with Gasteiger partial charge in [0.25, 0.3) is 0 Å². The molecular weight excluding hydrogens is 210 g/mol. The van der Waals surface area contributed by atoms with Crippen LogP contribution in [0.1, 0.15) is 26.7 Å². The van der Waals surface area contributed by atoms with Gasteiger partial charge in [0.15, 0.2) is 0 Å². The van der Waals surface area contributed by atoms with Gasteiger partial charge in [0.05, 0.1) is 11.5 Å². The van der Waals surface area contributed by atoms with E-state index >= 15 is 0 Å². The van der Waals surface area contributed by atoms with Crippen LogP contribution in [0.2, 0.25) is 0 Å². The Bertz CT molecular complexity index is 238. The minimum absolute atomic E-state index is 0.149. The molecule has 0 saturated carbocycles. The zero-order chi connectivity index (χ0) is 12.2. The normalized spacial score (nSPS) is 23.7. The highest BCUT2D eigenvalue weighted by Crippen LogP contribution is 2.19. The van der Waals surface area contributed by atoms with Crippen molar-refractivity contribution in [1.29, 1.82) is 0 Å². The Hall–Kier alpha value is -0.650. The third-order valence-corrected chi connectivity index (χ3v) is 3.32. The van der Waals surface area contributed by atoms with Crippen LogP contribution in [-0.2, 0) is 9.53 Å². The second-order valence-electron chi connectivity index (χ2n) is 4.63. The van der Waals surface area contributed by atoms with Crippen LogP contribution in [0.25, 0.3) is 0 Å². The molecule has 2 atom stereocenters. The summed E-state index contributed by atoms with van der Waals surface area (Å²) in [6.45, 7) is 5.05. The van der Waals surface area contributed by atoms with E-state index in [9.17, 15) is 9.90 Å². The van der Waals surface area contributed by atoms with Gasteiger partial charge in [0, 0.05) is 38.6 Å². The van der Waals surface area contributed by atoms with E-state index in [0.717, 1.165) is 0 Å². The molecule has 0 spiro atoms. The fraction of sp³-hybridized carbons (Fsp3) is 0.909. The molecule has 94 valence electrons. The van der Waals surface area contributed by atoms with Gasteiger partial charge in [-0.3, -0.25) is 4.79 Å². The number of carboxylic acids is 1. The summed E-state index contributed by atoms with van der Waals surface area (Å²) in [5, 5.41) is 22.1. The molecule has 5 nitrogen and oxygen atoms in total. The largest absolute Gasteiger partial charge is 0.481 e. The van der Waals surface area contributed by atoms with Crippen LogP contribution in [0, 0.1) is 5.92 Å². The van der Waals surface area contributed by atoms with E-state index in [1.165, 1.54) is 0 Å². The summed E-state index contributed by atoms with van der Waals surface area (Å²) >= 11 is 0. The van der Waals surface area contributed by atoms with Crippen LogP contribution >= 0.6 is 0 Å². The van der Waals surface area contributed by atoms with Crippen LogP contribution in [0.5, 0.6) is 0 Å². The zero-order valence-corrected chi connectivity index (χ0v) is 9.90. The quantitative estimate of drug-likeness (QED) is 0.631. The topological polar surface area (TPSA) is 78.8 Å². The van der Waals surface area contributed by atoms with E-state index in [2.05, 4.69) is 5.32 Å². The number of aliphatic carboxylic acids is 1. The van der Waals surface area contributed by atoms with Crippen molar-refractivity contribution in [2.24, 2.45) is 5.92 Å². The third kappa shape index (κ3) is 3.73. The maximum absolute atomic E-state index is 10.7. The number of hydrogen-bond donors (Lipinski definition) is 3. The molecule has 0 aliphatic carbocycles. The molecule has 1 aliphatic rings. The van der Waals surface area contributed by atoms with Gasteiger partial charge in [-0.25, -0.2) is 0 Å². The number of nitrogens with one attached hydrogen (secondary N) is 1. The Morgan fingerprint density at radius 3 is 2.50 bits per heavy atom. The molecule has 0 aromatic rings. The SMILES string of the molecule is CC(NCC1(O)CCOCC1)C(C)C(=O)O.